The summed E-state index contributed by atoms with van der Waals surface area (Å²) < 4.78 is 10.7. The van der Waals surface area contributed by atoms with Gasteiger partial charge in [-0.25, -0.2) is 4.67 Å². The highest BCUT2D eigenvalue weighted by Gasteiger charge is 2.24. The van der Waals surface area contributed by atoms with E-state index >= 15 is 0 Å². The molecule has 1 N–H and O–H groups in total. The van der Waals surface area contributed by atoms with E-state index < -0.39 is 5.91 Å². The summed E-state index contributed by atoms with van der Waals surface area (Å²) in [6.45, 7) is 1.69. The minimum atomic E-state index is -0.459. The van der Waals surface area contributed by atoms with Gasteiger partial charge in [0.2, 0.25) is 17.9 Å². The summed E-state index contributed by atoms with van der Waals surface area (Å²) in [5.41, 5.74) is 1.14. The third kappa shape index (κ3) is 3.68. The van der Waals surface area contributed by atoms with Crippen molar-refractivity contribution in [3.8, 4) is 17.7 Å². The second kappa shape index (κ2) is 7.52. The van der Waals surface area contributed by atoms with E-state index in [1.165, 1.54) is 19.4 Å². The van der Waals surface area contributed by atoms with Gasteiger partial charge in [-0.3, -0.25) is 9.20 Å². The van der Waals surface area contributed by atoms with E-state index in [0.717, 1.165) is 0 Å². The number of anilines is 1. The van der Waals surface area contributed by atoms with E-state index in [4.69, 9.17) is 16.3 Å². The van der Waals surface area contributed by atoms with Crippen molar-refractivity contribution in [1.82, 2.24) is 29.5 Å². The first-order valence-corrected chi connectivity index (χ1v) is 8.64. The largest absolute Gasteiger partial charge is 0.479 e. The molecule has 0 bridgehead atoms. The molecule has 0 fully saturated rings. The summed E-state index contributed by atoms with van der Waals surface area (Å²) in [5.74, 6) is 6.56. The average molecular weight is 408 g/mol. The summed E-state index contributed by atoms with van der Waals surface area (Å²) in [6, 6.07) is 6.78. The van der Waals surface area contributed by atoms with Crippen LogP contribution in [0.1, 0.15) is 18.3 Å². The molecule has 0 aromatic carbocycles. The number of rotatable bonds is 3. The summed E-state index contributed by atoms with van der Waals surface area (Å²) in [5, 5.41) is 18.9. The molecule has 4 heterocycles. The molecule has 142 valence electrons. The van der Waals surface area contributed by atoms with Gasteiger partial charge >= 0.3 is 11.7 Å². The number of amides is 1. The third-order valence-corrected chi connectivity index (χ3v) is 4.07. The number of nitrogens with one attached hydrogen (secondary N) is 1. The number of carbonyl (C=O) groups is 1. The number of methoxy groups -OCH3 is 1. The van der Waals surface area contributed by atoms with Crippen LogP contribution < -0.4 is 14.7 Å². The number of aliphatic imine (C=N–C) groups is 1. The first-order valence-electron chi connectivity index (χ1n) is 8.26. The van der Waals surface area contributed by atoms with E-state index in [0.29, 0.717) is 28.0 Å². The highest BCUT2D eigenvalue weighted by molar-refractivity contribution is 6.64. The molecule has 0 saturated carbocycles. The minimum absolute atomic E-state index is 0.178. The summed E-state index contributed by atoms with van der Waals surface area (Å²) >= 11 is 6.20. The fraction of sp³-hybridized carbons (Fsp3) is 0.111. The van der Waals surface area contributed by atoms with E-state index in [1.807, 2.05) is 0 Å². The van der Waals surface area contributed by atoms with Gasteiger partial charge in [0.25, 0.3) is 5.71 Å². The number of hydrogen-bond acceptors (Lipinski definition) is 7. The molecule has 0 atom stereocenters. The number of pyridine rings is 1. The third-order valence-electron chi connectivity index (χ3n) is 3.77. The Morgan fingerprint density at radius 2 is 2.10 bits per heavy atom. The fourth-order valence-electron chi connectivity index (χ4n) is 2.47. The maximum Gasteiger partial charge on any atom is 0.387 e. The molecular formula is C18H12ClN8O2+. The number of halogens is 1. The Labute approximate surface area is 169 Å². The number of nitrogens with zero attached hydrogens (tertiary/aromatic N) is 7. The normalized spacial score (nSPS) is 12.2. The van der Waals surface area contributed by atoms with E-state index in [1.54, 1.807) is 29.5 Å². The van der Waals surface area contributed by atoms with Gasteiger partial charge in [0, 0.05) is 6.07 Å². The van der Waals surface area contributed by atoms with Crippen molar-refractivity contribution in [2.75, 3.05) is 12.4 Å². The molecule has 0 unspecified atom stereocenters. The molecule has 11 heteroatoms. The summed E-state index contributed by atoms with van der Waals surface area (Å²) in [6.07, 6.45) is 1.38. The van der Waals surface area contributed by atoms with Crippen molar-refractivity contribution < 1.29 is 9.53 Å². The molecule has 0 radical (unpaired) electrons. The van der Waals surface area contributed by atoms with Gasteiger partial charge in [-0.05, 0) is 23.0 Å². The highest BCUT2D eigenvalue weighted by Crippen LogP contribution is 2.17. The molecular weight excluding hydrogens is 396 g/mol. The number of aromatic nitrogens is 5. The van der Waals surface area contributed by atoms with Crippen LogP contribution in [-0.2, 0) is 4.79 Å². The second-order valence-corrected chi connectivity index (χ2v) is 6.11. The van der Waals surface area contributed by atoms with Crippen LogP contribution in [0.4, 0.5) is 5.82 Å². The molecule has 0 aliphatic carbocycles. The monoisotopic (exact) mass is 407 g/mol. The maximum atomic E-state index is 12.2. The van der Waals surface area contributed by atoms with Crippen molar-refractivity contribution in [2.24, 2.45) is 4.99 Å². The lowest BCUT2D eigenvalue weighted by Gasteiger charge is -2.04. The molecule has 4 rings (SSSR count). The molecule has 3 aromatic heterocycles. The second-order valence-electron chi connectivity index (χ2n) is 5.72. The molecule has 3 aromatic rings. The van der Waals surface area contributed by atoms with Crippen LogP contribution in [0.5, 0.6) is 5.88 Å². The van der Waals surface area contributed by atoms with Crippen LogP contribution in [-0.4, -0.2) is 55.6 Å². The minimum Gasteiger partial charge on any atom is -0.479 e. The molecule has 10 nitrogen and oxygen atoms in total. The van der Waals surface area contributed by atoms with Crippen molar-refractivity contribution >= 4 is 46.7 Å². The Bertz CT molecular complexity index is 1310. The Morgan fingerprint density at radius 3 is 2.86 bits per heavy atom. The van der Waals surface area contributed by atoms with Crippen LogP contribution in [0, 0.1) is 11.8 Å². The van der Waals surface area contributed by atoms with Gasteiger partial charge in [-0.1, -0.05) is 23.6 Å². The Morgan fingerprint density at radius 1 is 1.24 bits per heavy atom. The smallest absolute Gasteiger partial charge is 0.387 e. The van der Waals surface area contributed by atoms with Crippen LogP contribution >= 0.6 is 11.6 Å². The first kappa shape index (κ1) is 18.3. The predicted molar refractivity (Wildman–Crippen MR) is 108 cm³/mol. The number of amidine groups is 1. The Hall–Kier alpha value is -4.06. The highest BCUT2D eigenvalue weighted by atomic mass is 35.5. The summed E-state index contributed by atoms with van der Waals surface area (Å²) in [4.78, 5) is 16.3. The summed E-state index contributed by atoms with van der Waals surface area (Å²) in [7, 11) is 1.44. The Balaban J connectivity index is 1.65. The zero-order valence-corrected chi connectivity index (χ0v) is 16.0. The number of hydrogen-bond donors (Lipinski definition) is 1. The molecule has 0 saturated heterocycles. The van der Waals surface area contributed by atoms with Crippen molar-refractivity contribution in [2.45, 2.75) is 6.92 Å². The lowest BCUT2D eigenvalue weighted by molar-refractivity contribution is -0.110. The topological polar surface area (TPSA) is 121 Å². The molecule has 1 amide bonds. The zero-order chi connectivity index (χ0) is 20.4. The first-order chi connectivity index (χ1) is 14.0. The Kier molecular flexibility index (Phi) is 4.75. The predicted octanol–water partition coefficient (Wildman–Crippen LogP) is 0.531. The molecule has 0 spiro atoms. The molecule has 1 aliphatic rings. The number of fused-ring (bicyclic) bond motifs is 1. The van der Waals surface area contributed by atoms with Crippen LogP contribution in [0.3, 0.4) is 0 Å². The number of ether oxygens (including phenoxy) is 1. The van der Waals surface area contributed by atoms with Crippen molar-refractivity contribution in [1.29, 1.82) is 0 Å². The van der Waals surface area contributed by atoms with Crippen LogP contribution in [0.15, 0.2) is 29.3 Å². The van der Waals surface area contributed by atoms with Gasteiger partial charge < -0.3 is 10.1 Å². The van der Waals surface area contributed by atoms with E-state index in [9.17, 15) is 4.79 Å². The molecule has 1 aliphatic heterocycles. The number of carbonyl (C=O) groups excluding carboxylic acids is 1. The fourth-order valence-corrected chi connectivity index (χ4v) is 2.70. The van der Waals surface area contributed by atoms with Crippen LogP contribution in [0.2, 0.25) is 5.15 Å². The van der Waals surface area contributed by atoms with Gasteiger partial charge in [-0.2, -0.15) is 0 Å². The van der Waals surface area contributed by atoms with Crippen molar-refractivity contribution in [3.05, 3.63) is 40.8 Å². The SMILES string of the molecule is COc1nnc(NC(=O)C2=NC(C)=[N+]=C2)cc1C#Cc1nnc2cccc(Cl)n12. The maximum absolute atomic E-state index is 12.2. The van der Waals surface area contributed by atoms with Gasteiger partial charge in [0.1, 0.15) is 5.15 Å². The molecule has 29 heavy (non-hydrogen) atoms. The zero-order valence-electron chi connectivity index (χ0n) is 15.2. The standard InChI is InChI=1S/C18H11ClN8O2/c1-10-20-9-12(21-10)17(28)22-14-8-11(18(29-2)26-23-14)6-7-16-25-24-15-5-3-4-13(19)27(15)16/h3-5,8-9H,1-2H3/p+1. The van der Waals surface area contributed by atoms with Gasteiger partial charge in [-0.15, -0.1) is 20.4 Å². The quantitative estimate of drug-likeness (QED) is 0.384. The van der Waals surface area contributed by atoms with E-state index in [-0.39, 0.29) is 17.4 Å². The average Bonchev–Trinajstić information content (AvgIpc) is 3.33. The lowest BCUT2D eigenvalue weighted by Crippen LogP contribution is -2.24. The van der Waals surface area contributed by atoms with Crippen molar-refractivity contribution in [3.63, 3.8) is 0 Å². The van der Waals surface area contributed by atoms with Gasteiger partial charge in [0.15, 0.2) is 11.5 Å². The van der Waals surface area contributed by atoms with Crippen LogP contribution in [0.25, 0.3) is 5.65 Å². The van der Waals surface area contributed by atoms with Gasteiger partial charge in [0.05, 0.1) is 19.6 Å². The van der Waals surface area contributed by atoms with E-state index in [2.05, 4.69) is 47.2 Å². The lowest BCUT2D eigenvalue weighted by atomic mass is 10.2.